The molecule has 8 rings (SSSR count). The third-order valence-corrected chi connectivity index (χ3v) is 14.0. The Kier molecular flexibility index (Phi) is 14.9. The molecule has 14 nitrogen and oxygen atoms in total. The molecule has 1 aromatic heterocycles. The lowest BCUT2D eigenvalue weighted by Crippen LogP contribution is -2.64. The number of H-pyrrole nitrogens is 1. The number of piperazine rings is 2. The molecule has 4 amide bonds. The molecule has 4 heterocycles. The van der Waals surface area contributed by atoms with Gasteiger partial charge in [0.1, 0.15) is 18.5 Å². The second-order valence-electron chi connectivity index (χ2n) is 18.7. The number of benzene rings is 3. The van der Waals surface area contributed by atoms with Crippen molar-refractivity contribution in [3.8, 4) is 0 Å². The quantitative estimate of drug-likeness (QED) is 0.190. The molecular weight excluding hydrogens is 828 g/mol. The van der Waals surface area contributed by atoms with E-state index in [-0.39, 0.29) is 47.5 Å². The highest BCUT2D eigenvalue weighted by atomic mass is 19.1. The Morgan fingerprint density at radius 1 is 0.785 bits per heavy atom. The van der Waals surface area contributed by atoms with Crippen molar-refractivity contribution in [1.29, 1.82) is 0 Å². The lowest BCUT2D eigenvalue weighted by atomic mass is 9.83. The molecule has 3 saturated heterocycles. The Bertz CT molecular complexity index is 2350. The topological polar surface area (TPSA) is 151 Å². The van der Waals surface area contributed by atoms with Gasteiger partial charge in [-0.1, -0.05) is 73.9 Å². The molecule has 0 bridgehead atoms. The fourth-order valence-electron chi connectivity index (χ4n) is 10.6. The highest BCUT2D eigenvalue weighted by Gasteiger charge is 2.41. The average molecular weight is 891 g/mol. The van der Waals surface area contributed by atoms with Crippen molar-refractivity contribution < 1.29 is 28.3 Å². The van der Waals surface area contributed by atoms with E-state index in [4.69, 9.17) is 4.74 Å². The Morgan fingerprint density at radius 3 is 2.15 bits per heavy atom. The fourth-order valence-corrected chi connectivity index (χ4v) is 10.6. The molecule has 1 aliphatic carbocycles. The van der Waals surface area contributed by atoms with Crippen LogP contribution in [0.2, 0.25) is 0 Å². The van der Waals surface area contributed by atoms with Crippen LogP contribution >= 0.6 is 0 Å². The van der Waals surface area contributed by atoms with Gasteiger partial charge in [-0.25, -0.2) is 14.3 Å². The summed E-state index contributed by atoms with van der Waals surface area (Å²) in [5, 5.41) is 11.0. The number of carbonyl (C=O) groups excluding carboxylic acids is 4. The smallest absolute Gasteiger partial charge is 0.408 e. The fraction of sp³-hybridized carbons (Fsp3) is 0.520. The lowest BCUT2D eigenvalue weighted by molar-refractivity contribution is -0.143. The van der Waals surface area contributed by atoms with E-state index in [2.05, 4.69) is 39.2 Å². The first kappa shape index (κ1) is 45.9. The van der Waals surface area contributed by atoms with E-state index in [0.717, 1.165) is 83.2 Å². The maximum Gasteiger partial charge on any atom is 0.408 e. The number of rotatable bonds is 12. The van der Waals surface area contributed by atoms with Gasteiger partial charge in [-0.15, -0.1) is 0 Å². The van der Waals surface area contributed by atoms with Crippen LogP contribution in [0.25, 0.3) is 10.8 Å². The number of nitrogens with zero attached hydrogens (tertiary/aromatic N) is 6. The van der Waals surface area contributed by atoms with E-state index in [1.54, 1.807) is 34.1 Å². The molecule has 3 atom stereocenters. The predicted octanol–water partition coefficient (Wildman–Crippen LogP) is 5.45. The Balaban J connectivity index is 0.774. The highest BCUT2D eigenvalue weighted by molar-refractivity contribution is 5.95. The lowest BCUT2D eigenvalue weighted by Gasteiger charge is -2.47. The predicted molar refractivity (Wildman–Crippen MR) is 246 cm³/mol. The zero-order chi connectivity index (χ0) is 45.5. The van der Waals surface area contributed by atoms with Crippen LogP contribution < -0.4 is 10.9 Å². The molecule has 0 unspecified atom stereocenters. The molecular formula is C50H63FN8O6. The number of carbonyl (C=O) groups is 4. The van der Waals surface area contributed by atoms with Crippen molar-refractivity contribution in [3.05, 3.63) is 111 Å². The molecule has 0 spiro atoms. The Morgan fingerprint density at radius 2 is 1.45 bits per heavy atom. The number of aromatic nitrogens is 2. The van der Waals surface area contributed by atoms with E-state index in [1.165, 1.54) is 6.07 Å². The normalized spacial score (nSPS) is 21.0. The standard InChI is InChI=1S/C50H63FN8O6/c1-34-29-56(30-35(2)59(34)49(63)46(39-13-7-4-8-14-39)52-50(64)65-33-37-11-5-3-6-12-37)31-36-19-21-55(22-20-36)32-45(60)57-23-25-58(26-24-57)48(62)42-27-38(17-18-43(42)51)28-44-40-15-9-10-16-41(40)47(61)54-53-44/h3,5-6,9-12,15-18,27,34-36,39,46H,4,7-8,13-14,19-26,28-33H2,1-2H3,(H,52,64)(H,54,61)/t34-,35-,46-/m1/s1. The van der Waals surface area contributed by atoms with Crippen molar-refractivity contribution in [2.75, 3.05) is 65.4 Å². The van der Waals surface area contributed by atoms with Gasteiger partial charge in [-0.05, 0) is 93.8 Å². The first-order chi connectivity index (χ1) is 31.5. The molecule has 4 aromatic rings. The second-order valence-corrected chi connectivity index (χ2v) is 18.7. The minimum atomic E-state index is -0.609. The Labute approximate surface area is 380 Å². The maximum absolute atomic E-state index is 15.1. The van der Waals surface area contributed by atoms with Crippen LogP contribution in [0.1, 0.15) is 86.0 Å². The molecule has 3 aromatic carbocycles. The number of alkyl carbamates (subject to hydrolysis) is 1. The van der Waals surface area contributed by atoms with E-state index in [1.807, 2.05) is 47.4 Å². The molecule has 1 saturated carbocycles. The number of hydrogen-bond donors (Lipinski definition) is 2. The molecule has 2 N–H and O–H groups in total. The second kappa shape index (κ2) is 21.1. The SMILES string of the molecule is C[C@@H]1CN(CC2CCN(CC(=O)N3CCN(C(=O)c4cc(Cc5n[nH]c(=O)c6ccccc56)ccc4F)CC3)CC2)C[C@@H](C)N1C(=O)[C@H](NC(=O)OCc1ccccc1)C1CCCCC1. The van der Waals surface area contributed by atoms with Crippen LogP contribution in [-0.4, -0.2) is 142 Å². The van der Waals surface area contributed by atoms with Gasteiger partial charge in [0.05, 0.1) is 23.2 Å². The largest absolute Gasteiger partial charge is 0.445 e. The van der Waals surface area contributed by atoms with Crippen LogP contribution in [0.5, 0.6) is 0 Å². The van der Waals surface area contributed by atoms with Gasteiger partial charge in [0.25, 0.3) is 11.5 Å². The van der Waals surface area contributed by atoms with Crippen molar-refractivity contribution in [2.45, 2.75) is 89.9 Å². The summed E-state index contributed by atoms with van der Waals surface area (Å²) >= 11 is 0. The van der Waals surface area contributed by atoms with Gasteiger partial charge in [0.15, 0.2) is 0 Å². The van der Waals surface area contributed by atoms with E-state index < -0.39 is 23.9 Å². The summed E-state index contributed by atoms with van der Waals surface area (Å²) in [4.78, 5) is 76.8. The number of hydrogen-bond acceptors (Lipinski definition) is 9. The van der Waals surface area contributed by atoms with Crippen molar-refractivity contribution in [1.82, 2.24) is 40.0 Å². The number of likely N-dealkylation sites (tertiary alicyclic amines) is 1. The van der Waals surface area contributed by atoms with E-state index >= 15 is 4.39 Å². The van der Waals surface area contributed by atoms with Crippen LogP contribution in [-0.2, 0) is 27.4 Å². The minimum absolute atomic E-state index is 0.00881. The maximum atomic E-state index is 15.1. The number of aromatic amines is 1. The minimum Gasteiger partial charge on any atom is -0.445 e. The molecule has 4 aliphatic rings. The number of halogens is 1. The number of fused-ring (bicyclic) bond motifs is 1. The summed E-state index contributed by atoms with van der Waals surface area (Å²) in [6, 6.07) is 20.6. The first-order valence-electron chi connectivity index (χ1n) is 23.6. The average Bonchev–Trinajstić information content (AvgIpc) is 3.32. The zero-order valence-electron chi connectivity index (χ0n) is 37.8. The molecule has 346 valence electrons. The van der Waals surface area contributed by atoms with Gasteiger partial charge < -0.3 is 24.8 Å². The van der Waals surface area contributed by atoms with Gasteiger partial charge in [-0.3, -0.25) is 29.0 Å². The molecule has 3 aliphatic heterocycles. The Hall–Kier alpha value is -5.67. The summed E-state index contributed by atoms with van der Waals surface area (Å²) in [5.41, 5.74) is 1.92. The van der Waals surface area contributed by atoms with Crippen molar-refractivity contribution in [3.63, 3.8) is 0 Å². The van der Waals surface area contributed by atoms with Crippen LogP contribution in [0.4, 0.5) is 9.18 Å². The van der Waals surface area contributed by atoms with Crippen LogP contribution in [0.15, 0.2) is 77.6 Å². The summed E-state index contributed by atoms with van der Waals surface area (Å²) in [5.74, 6) is -0.408. The van der Waals surface area contributed by atoms with Crippen molar-refractivity contribution >= 4 is 34.6 Å². The molecule has 65 heavy (non-hydrogen) atoms. The van der Waals surface area contributed by atoms with Crippen LogP contribution in [0.3, 0.4) is 0 Å². The third kappa shape index (κ3) is 11.2. The van der Waals surface area contributed by atoms with Crippen molar-refractivity contribution in [2.24, 2.45) is 11.8 Å². The molecule has 0 radical (unpaired) electrons. The number of amides is 4. The first-order valence-corrected chi connectivity index (χ1v) is 23.6. The number of piperidine rings is 1. The van der Waals surface area contributed by atoms with Gasteiger partial charge in [0, 0.05) is 69.7 Å². The summed E-state index contributed by atoms with van der Waals surface area (Å²) in [6.07, 6.45) is 6.82. The highest BCUT2D eigenvalue weighted by Crippen LogP contribution is 2.30. The summed E-state index contributed by atoms with van der Waals surface area (Å²) in [6.45, 7) is 10.2. The van der Waals surface area contributed by atoms with Gasteiger partial charge >= 0.3 is 6.09 Å². The third-order valence-electron chi connectivity index (χ3n) is 14.0. The van der Waals surface area contributed by atoms with E-state index in [0.29, 0.717) is 67.1 Å². The monoisotopic (exact) mass is 890 g/mol. The summed E-state index contributed by atoms with van der Waals surface area (Å²) in [7, 11) is 0. The van der Waals surface area contributed by atoms with Gasteiger partial charge in [-0.2, -0.15) is 5.10 Å². The zero-order valence-corrected chi connectivity index (χ0v) is 37.8. The van der Waals surface area contributed by atoms with Crippen LogP contribution in [0, 0.1) is 17.7 Å². The number of ether oxygens (including phenoxy) is 1. The number of nitrogens with one attached hydrogen (secondary N) is 2. The molecule has 15 heteroatoms. The molecule has 4 fully saturated rings. The summed E-state index contributed by atoms with van der Waals surface area (Å²) < 4.78 is 20.7. The van der Waals surface area contributed by atoms with E-state index in [9.17, 15) is 24.0 Å². The van der Waals surface area contributed by atoms with Gasteiger partial charge in [0.2, 0.25) is 11.8 Å².